The van der Waals surface area contributed by atoms with Crippen molar-refractivity contribution in [1.82, 2.24) is 9.71 Å². The minimum Gasteiger partial charge on any atom is -0.492 e. The predicted molar refractivity (Wildman–Crippen MR) is 140 cm³/mol. The van der Waals surface area contributed by atoms with E-state index in [2.05, 4.69) is 4.98 Å². The lowest BCUT2D eigenvalue weighted by Crippen LogP contribution is -2.31. The topological polar surface area (TPSA) is 104 Å². The number of carbonyl (C=O) groups excluding carboxylic acids is 1. The Bertz CT molecular complexity index is 1400. The van der Waals surface area contributed by atoms with Gasteiger partial charge in [-0.25, -0.2) is 17.5 Å². The molecule has 1 N–H and O–H groups in total. The molecule has 0 aliphatic heterocycles. The van der Waals surface area contributed by atoms with E-state index in [1.807, 2.05) is 0 Å². The van der Waals surface area contributed by atoms with Crippen molar-refractivity contribution >= 4 is 27.5 Å². The van der Waals surface area contributed by atoms with Gasteiger partial charge in [0.2, 0.25) is 5.82 Å². The van der Waals surface area contributed by atoms with E-state index in [1.54, 1.807) is 30.0 Å². The number of nitrogens with one attached hydrogen (secondary N) is 1. The van der Waals surface area contributed by atoms with Crippen molar-refractivity contribution in [2.75, 3.05) is 19.1 Å². The molecule has 3 aromatic rings. The third-order valence-electron chi connectivity index (χ3n) is 5.91. The van der Waals surface area contributed by atoms with Gasteiger partial charge >= 0.3 is 0 Å². The van der Waals surface area contributed by atoms with Crippen LogP contribution in [0.15, 0.2) is 59.6 Å². The first kappa shape index (κ1) is 28.6. The van der Waals surface area contributed by atoms with Crippen molar-refractivity contribution in [2.24, 2.45) is 5.92 Å². The highest BCUT2D eigenvalue weighted by Crippen LogP contribution is 2.31. The number of rotatable bonds is 13. The normalized spacial score (nSPS) is 13.9. The number of pyridine rings is 1. The SMILES string of the molecule is CCC(Oc1ccc(C(=O)NS(=O)(=O)c2ccc(OCCCl)cc2)c(F)c1F)c1ccc(OCC2CC2)cn1. The number of amides is 1. The van der Waals surface area contributed by atoms with Crippen LogP contribution in [0, 0.1) is 17.6 Å². The Kier molecular flexibility index (Phi) is 9.24. The molecule has 8 nitrogen and oxygen atoms in total. The summed E-state index contributed by atoms with van der Waals surface area (Å²) in [7, 11) is -4.37. The summed E-state index contributed by atoms with van der Waals surface area (Å²) < 4.78 is 73.3. The Morgan fingerprint density at radius 3 is 2.38 bits per heavy atom. The maximum absolute atomic E-state index is 14.9. The van der Waals surface area contributed by atoms with Crippen LogP contribution in [0.1, 0.15) is 48.3 Å². The summed E-state index contributed by atoms with van der Waals surface area (Å²) in [5, 5.41) is 0. The molecule has 1 atom stereocenters. The number of alkyl halides is 1. The first-order valence-electron chi connectivity index (χ1n) is 12.3. The Labute approximate surface area is 230 Å². The van der Waals surface area contributed by atoms with E-state index >= 15 is 0 Å². The second kappa shape index (κ2) is 12.6. The Hall–Kier alpha value is -3.44. The molecule has 0 radical (unpaired) electrons. The van der Waals surface area contributed by atoms with E-state index in [0.29, 0.717) is 36.1 Å². The molecule has 1 fully saturated rings. The molecule has 1 aliphatic carbocycles. The average Bonchev–Trinajstić information content (AvgIpc) is 3.76. The molecule has 0 bridgehead atoms. The molecule has 12 heteroatoms. The lowest BCUT2D eigenvalue weighted by molar-refractivity contribution is 0.0976. The van der Waals surface area contributed by atoms with E-state index in [4.69, 9.17) is 25.8 Å². The van der Waals surface area contributed by atoms with Crippen molar-refractivity contribution < 1.29 is 36.2 Å². The van der Waals surface area contributed by atoms with Crippen molar-refractivity contribution in [3.8, 4) is 17.2 Å². The number of aromatic nitrogens is 1. The zero-order chi connectivity index (χ0) is 28.0. The van der Waals surface area contributed by atoms with Crippen molar-refractivity contribution in [2.45, 2.75) is 37.2 Å². The van der Waals surface area contributed by atoms with Crippen LogP contribution in [-0.4, -0.2) is 38.4 Å². The van der Waals surface area contributed by atoms with Crippen LogP contribution in [0.5, 0.6) is 17.2 Å². The first-order valence-corrected chi connectivity index (χ1v) is 14.3. The van der Waals surface area contributed by atoms with Crippen LogP contribution < -0.4 is 18.9 Å². The largest absolute Gasteiger partial charge is 0.492 e. The second-order valence-electron chi connectivity index (χ2n) is 8.87. The number of ether oxygens (including phenoxy) is 3. The number of carbonyl (C=O) groups is 1. The van der Waals surface area contributed by atoms with Gasteiger partial charge in [0.15, 0.2) is 11.6 Å². The van der Waals surface area contributed by atoms with Gasteiger partial charge in [-0.15, -0.1) is 11.6 Å². The molecular weight excluding hydrogens is 554 g/mol. The van der Waals surface area contributed by atoms with Gasteiger partial charge in [-0.2, -0.15) is 4.39 Å². The quantitative estimate of drug-likeness (QED) is 0.269. The van der Waals surface area contributed by atoms with Crippen LogP contribution >= 0.6 is 11.6 Å². The smallest absolute Gasteiger partial charge is 0.268 e. The van der Waals surface area contributed by atoms with Gasteiger partial charge in [0.05, 0.1) is 34.8 Å². The standard InChI is InChI=1S/C27H27ClF2N2O6S/c1-2-23(22-11-7-19(15-31-22)37-16-17-3-4-17)38-24-12-10-21(25(29)26(24)30)27(33)32-39(34,35)20-8-5-18(6-9-20)36-14-13-28/h5-12,15,17,23H,2-4,13-14,16H2,1H3,(H,32,33). The van der Waals surface area contributed by atoms with Gasteiger partial charge in [0.1, 0.15) is 24.2 Å². The Balaban J connectivity index is 1.43. The van der Waals surface area contributed by atoms with Gasteiger partial charge < -0.3 is 14.2 Å². The monoisotopic (exact) mass is 580 g/mol. The van der Waals surface area contributed by atoms with E-state index in [1.165, 1.54) is 24.3 Å². The molecule has 1 saturated carbocycles. The second-order valence-corrected chi connectivity index (χ2v) is 10.9. The molecule has 39 heavy (non-hydrogen) atoms. The fourth-order valence-corrected chi connectivity index (χ4v) is 4.62. The zero-order valence-corrected chi connectivity index (χ0v) is 22.6. The van der Waals surface area contributed by atoms with Gasteiger partial charge in [0, 0.05) is 0 Å². The van der Waals surface area contributed by atoms with Gasteiger partial charge in [-0.3, -0.25) is 9.78 Å². The Morgan fingerprint density at radius 2 is 1.77 bits per heavy atom. The number of hydrogen-bond acceptors (Lipinski definition) is 7. The van der Waals surface area contributed by atoms with E-state index in [0.717, 1.165) is 25.0 Å². The van der Waals surface area contributed by atoms with Crippen molar-refractivity contribution in [3.05, 3.63) is 77.6 Å². The molecule has 208 valence electrons. The number of sulfonamides is 1. The highest BCUT2D eigenvalue weighted by Gasteiger charge is 2.26. The molecule has 0 spiro atoms. The Morgan fingerprint density at radius 1 is 1.05 bits per heavy atom. The molecule has 1 aliphatic rings. The van der Waals surface area contributed by atoms with E-state index < -0.39 is 45.0 Å². The van der Waals surface area contributed by atoms with Gasteiger partial charge in [-0.1, -0.05) is 6.92 Å². The average molecular weight is 581 g/mol. The lowest BCUT2D eigenvalue weighted by Gasteiger charge is -2.18. The maximum atomic E-state index is 14.9. The summed E-state index contributed by atoms with van der Waals surface area (Å²) in [6.07, 6.45) is 3.57. The lowest BCUT2D eigenvalue weighted by atomic mass is 10.1. The van der Waals surface area contributed by atoms with Gasteiger partial charge in [-0.05, 0) is 73.7 Å². The van der Waals surface area contributed by atoms with Gasteiger partial charge in [0.25, 0.3) is 15.9 Å². The minimum absolute atomic E-state index is 0.228. The summed E-state index contributed by atoms with van der Waals surface area (Å²) in [5.74, 6) is -2.92. The zero-order valence-electron chi connectivity index (χ0n) is 21.0. The van der Waals surface area contributed by atoms with E-state index in [9.17, 15) is 22.0 Å². The molecule has 2 aromatic carbocycles. The fourth-order valence-electron chi connectivity index (χ4n) is 3.58. The van der Waals surface area contributed by atoms with Crippen molar-refractivity contribution in [1.29, 1.82) is 0 Å². The number of hydrogen-bond donors (Lipinski definition) is 1. The first-order chi connectivity index (χ1) is 18.7. The molecular formula is C27H27ClF2N2O6S. The number of halogens is 3. The number of benzene rings is 2. The molecule has 1 unspecified atom stereocenters. The fraction of sp³-hybridized carbons (Fsp3) is 0.333. The summed E-state index contributed by atoms with van der Waals surface area (Å²) in [4.78, 5) is 16.6. The van der Waals surface area contributed by atoms with Crippen molar-refractivity contribution in [3.63, 3.8) is 0 Å². The maximum Gasteiger partial charge on any atom is 0.268 e. The van der Waals surface area contributed by atoms with Crippen LogP contribution in [0.3, 0.4) is 0 Å². The van der Waals surface area contributed by atoms with E-state index in [-0.39, 0.29) is 17.4 Å². The van der Waals surface area contributed by atoms with Crippen LogP contribution in [-0.2, 0) is 10.0 Å². The van der Waals surface area contributed by atoms with Crippen LogP contribution in [0.4, 0.5) is 8.78 Å². The third-order valence-corrected chi connectivity index (χ3v) is 7.41. The minimum atomic E-state index is -4.37. The van der Waals surface area contributed by atoms with Crippen LogP contribution in [0.2, 0.25) is 0 Å². The highest BCUT2D eigenvalue weighted by atomic mass is 35.5. The van der Waals surface area contributed by atoms with Crippen LogP contribution in [0.25, 0.3) is 0 Å². The summed E-state index contributed by atoms with van der Waals surface area (Å²) in [5.41, 5.74) is -0.308. The number of nitrogens with zero attached hydrogens (tertiary/aromatic N) is 1. The molecule has 1 heterocycles. The summed E-state index contributed by atoms with van der Waals surface area (Å²) >= 11 is 5.55. The summed E-state index contributed by atoms with van der Waals surface area (Å²) in [6.45, 7) is 2.66. The molecule has 1 amide bonds. The predicted octanol–water partition coefficient (Wildman–Crippen LogP) is 5.42. The summed E-state index contributed by atoms with van der Waals surface area (Å²) in [6, 6.07) is 10.6. The molecule has 1 aromatic heterocycles. The third kappa shape index (κ3) is 7.36. The molecule has 0 saturated heterocycles. The molecule has 4 rings (SSSR count). The highest BCUT2D eigenvalue weighted by molar-refractivity contribution is 7.90.